The maximum atomic E-state index is 14.9. The van der Waals surface area contributed by atoms with Gasteiger partial charge in [0, 0.05) is 31.8 Å². The van der Waals surface area contributed by atoms with Crippen LogP contribution in [0.1, 0.15) is 23.6 Å². The number of phenols is 1. The molecule has 11 heteroatoms. The molecule has 0 aliphatic carbocycles. The second-order valence-electron chi connectivity index (χ2n) is 10.8. The molecule has 1 aliphatic heterocycles. The highest BCUT2D eigenvalue weighted by Crippen LogP contribution is 2.28. The van der Waals surface area contributed by atoms with Gasteiger partial charge in [0.2, 0.25) is 5.91 Å². The standard InChI is InChI=1S/C33H36F2N4O5/c1-22(41)19-37(2)39(33(44)36-18-24-6-4-3-5-7-24)30-15-11-25(16-23-8-13-28(42)14-9-23)32(43)38(31(30)21-40)20-26-10-12-27(34)17-29(26)35/h3-15,17,25,30-31,40,42H,16,18-21H2,1-2H3,(H,36,44)/t25-,30+,31-/m0/s1. The SMILES string of the molecule is CC(=O)CN(C)N(C(=O)NCc1ccccc1)[C@@H]1C=C[C@@H](Cc2ccc(O)cc2)C(=O)N(Cc2ccc(F)cc2F)[C@H]1CO. The van der Waals surface area contributed by atoms with Gasteiger partial charge < -0.3 is 20.4 Å². The summed E-state index contributed by atoms with van der Waals surface area (Å²) in [6, 6.07) is 16.0. The quantitative estimate of drug-likeness (QED) is 0.226. The number of Topliss-reactive ketones (excluding diaryl/α,β-unsaturated/α-hetero) is 1. The molecule has 44 heavy (non-hydrogen) atoms. The molecule has 232 valence electrons. The van der Waals surface area contributed by atoms with Crippen molar-refractivity contribution in [3.8, 4) is 5.75 Å². The Morgan fingerprint density at radius 1 is 0.977 bits per heavy atom. The van der Waals surface area contributed by atoms with Gasteiger partial charge in [-0.15, -0.1) is 0 Å². The maximum absolute atomic E-state index is 14.9. The van der Waals surface area contributed by atoms with E-state index >= 15 is 0 Å². The molecule has 0 bridgehead atoms. The van der Waals surface area contributed by atoms with Crippen LogP contribution in [0.2, 0.25) is 0 Å². The predicted molar refractivity (Wildman–Crippen MR) is 160 cm³/mol. The molecule has 0 saturated heterocycles. The van der Waals surface area contributed by atoms with E-state index in [4.69, 9.17) is 0 Å². The molecule has 3 N–H and O–H groups in total. The van der Waals surface area contributed by atoms with Crippen LogP contribution in [-0.2, 0) is 29.1 Å². The number of aromatic hydroxyl groups is 1. The van der Waals surface area contributed by atoms with Crippen molar-refractivity contribution in [1.29, 1.82) is 0 Å². The van der Waals surface area contributed by atoms with Crippen LogP contribution < -0.4 is 5.32 Å². The molecule has 3 aromatic carbocycles. The van der Waals surface area contributed by atoms with Crippen molar-refractivity contribution in [2.45, 2.75) is 38.5 Å². The normalized spacial score (nSPS) is 18.3. The molecule has 0 spiro atoms. The predicted octanol–water partition coefficient (Wildman–Crippen LogP) is 3.80. The van der Waals surface area contributed by atoms with Gasteiger partial charge in [0.25, 0.3) is 0 Å². The molecule has 0 aromatic heterocycles. The van der Waals surface area contributed by atoms with Crippen LogP contribution in [0.25, 0.3) is 0 Å². The molecular formula is C33H36F2N4O5. The van der Waals surface area contributed by atoms with Crippen molar-refractivity contribution in [3.05, 3.63) is 113 Å². The Hall–Kier alpha value is -4.61. The molecule has 9 nitrogen and oxygen atoms in total. The van der Waals surface area contributed by atoms with E-state index in [1.165, 1.54) is 40.0 Å². The minimum Gasteiger partial charge on any atom is -0.508 e. The zero-order valence-corrected chi connectivity index (χ0v) is 24.6. The summed E-state index contributed by atoms with van der Waals surface area (Å²) in [5.41, 5.74) is 1.60. The van der Waals surface area contributed by atoms with Crippen molar-refractivity contribution >= 4 is 17.7 Å². The summed E-state index contributed by atoms with van der Waals surface area (Å²) < 4.78 is 28.6. The van der Waals surface area contributed by atoms with Crippen LogP contribution in [-0.4, -0.2) is 75.1 Å². The number of aliphatic hydroxyl groups excluding tert-OH is 1. The number of carbonyl (C=O) groups is 3. The first-order chi connectivity index (χ1) is 21.1. The number of rotatable bonds is 11. The van der Waals surface area contributed by atoms with Gasteiger partial charge in [-0.05, 0) is 42.7 Å². The largest absolute Gasteiger partial charge is 0.508 e. The fraction of sp³-hybridized carbons (Fsp3) is 0.303. The molecule has 0 saturated carbocycles. The van der Waals surface area contributed by atoms with E-state index in [0.29, 0.717) is 0 Å². The number of hydrogen-bond donors (Lipinski definition) is 3. The summed E-state index contributed by atoms with van der Waals surface area (Å²) >= 11 is 0. The fourth-order valence-electron chi connectivity index (χ4n) is 5.31. The number of carbonyl (C=O) groups excluding carboxylic acids is 3. The van der Waals surface area contributed by atoms with Gasteiger partial charge in [-0.3, -0.25) is 9.59 Å². The number of nitrogens with zero attached hydrogens (tertiary/aromatic N) is 3. The smallest absolute Gasteiger partial charge is 0.332 e. The molecule has 3 aromatic rings. The average molecular weight is 607 g/mol. The highest BCUT2D eigenvalue weighted by atomic mass is 19.1. The number of nitrogens with one attached hydrogen (secondary N) is 1. The van der Waals surface area contributed by atoms with Crippen LogP contribution in [0.4, 0.5) is 13.6 Å². The second kappa shape index (κ2) is 14.7. The summed E-state index contributed by atoms with van der Waals surface area (Å²) in [6.07, 6.45) is 3.50. The van der Waals surface area contributed by atoms with Crippen LogP contribution in [0, 0.1) is 17.6 Å². The first kappa shape index (κ1) is 32.3. The molecule has 4 rings (SSSR count). The third kappa shape index (κ3) is 8.06. The van der Waals surface area contributed by atoms with Crippen molar-refractivity contribution in [3.63, 3.8) is 0 Å². The Labute approximate surface area is 255 Å². The molecule has 1 aliphatic rings. The molecule has 0 radical (unpaired) electrons. The van der Waals surface area contributed by atoms with Gasteiger partial charge in [-0.2, -0.15) is 0 Å². The topological polar surface area (TPSA) is 113 Å². The van der Waals surface area contributed by atoms with E-state index < -0.39 is 48.2 Å². The van der Waals surface area contributed by atoms with Gasteiger partial charge in [0.1, 0.15) is 23.2 Å². The highest BCUT2D eigenvalue weighted by molar-refractivity contribution is 5.83. The number of phenolic OH excluding ortho intramolecular Hbond substituents is 1. The lowest BCUT2D eigenvalue weighted by Crippen LogP contribution is -2.62. The number of halogens is 2. The Bertz CT molecular complexity index is 1490. The van der Waals surface area contributed by atoms with E-state index in [-0.39, 0.29) is 43.2 Å². The second-order valence-corrected chi connectivity index (χ2v) is 10.8. The number of urea groups is 1. The molecule has 1 heterocycles. The number of hydrazine groups is 1. The Balaban J connectivity index is 1.75. The molecular weight excluding hydrogens is 570 g/mol. The summed E-state index contributed by atoms with van der Waals surface area (Å²) in [5.74, 6) is -3.02. The fourth-order valence-corrected chi connectivity index (χ4v) is 5.31. The number of aliphatic hydroxyl groups is 1. The molecule has 3 amide bonds. The third-order valence-electron chi connectivity index (χ3n) is 7.47. The zero-order chi connectivity index (χ0) is 31.8. The van der Waals surface area contributed by atoms with Gasteiger partial charge in [0.15, 0.2) is 0 Å². The number of amides is 3. The molecule has 0 fully saturated rings. The monoisotopic (exact) mass is 606 g/mol. The van der Waals surface area contributed by atoms with Crippen molar-refractivity contribution in [2.75, 3.05) is 20.2 Å². The first-order valence-electron chi connectivity index (χ1n) is 14.2. The summed E-state index contributed by atoms with van der Waals surface area (Å²) in [6.45, 7) is 0.502. The summed E-state index contributed by atoms with van der Waals surface area (Å²) in [7, 11) is 1.55. The average Bonchev–Trinajstić information content (AvgIpc) is 3.11. The molecule has 3 atom stereocenters. The third-order valence-corrected chi connectivity index (χ3v) is 7.47. The van der Waals surface area contributed by atoms with E-state index in [1.807, 2.05) is 30.3 Å². The summed E-state index contributed by atoms with van der Waals surface area (Å²) in [5, 5.41) is 26.0. The number of likely N-dealkylation sites (N-methyl/N-ethyl adjacent to an activating group) is 1. The Morgan fingerprint density at radius 2 is 1.68 bits per heavy atom. The minimum atomic E-state index is -1.06. The van der Waals surface area contributed by atoms with Crippen LogP contribution >= 0.6 is 0 Å². The minimum absolute atomic E-state index is 0.0272. The van der Waals surface area contributed by atoms with Gasteiger partial charge in [-0.25, -0.2) is 23.6 Å². The van der Waals surface area contributed by atoms with Gasteiger partial charge in [-0.1, -0.05) is 60.7 Å². The summed E-state index contributed by atoms with van der Waals surface area (Å²) in [4.78, 5) is 41.3. The number of hydrogen-bond acceptors (Lipinski definition) is 6. The van der Waals surface area contributed by atoms with Crippen LogP contribution in [0.5, 0.6) is 5.75 Å². The Kier molecular flexibility index (Phi) is 10.8. The number of ketones is 1. The van der Waals surface area contributed by atoms with E-state index in [1.54, 1.807) is 31.3 Å². The first-order valence-corrected chi connectivity index (χ1v) is 14.2. The van der Waals surface area contributed by atoms with Crippen LogP contribution in [0.15, 0.2) is 84.9 Å². The van der Waals surface area contributed by atoms with Gasteiger partial charge in [0.05, 0.1) is 31.2 Å². The highest BCUT2D eigenvalue weighted by Gasteiger charge is 2.41. The lowest BCUT2D eigenvalue weighted by Gasteiger charge is -2.42. The lowest BCUT2D eigenvalue weighted by molar-refractivity contribution is -0.141. The van der Waals surface area contributed by atoms with Crippen molar-refractivity contribution in [1.82, 2.24) is 20.2 Å². The Morgan fingerprint density at radius 3 is 2.32 bits per heavy atom. The van der Waals surface area contributed by atoms with Crippen molar-refractivity contribution < 1.29 is 33.4 Å². The number of benzene rings is 3. The van der Waals surface area contributed by atoms with E-state index in [2.05, 4.69) is 5.32 Å². The van der Waals surface area contributed by atoms with Crippen molar-refractivity contribution in [2.24, 2.45) is 5.92 Å². The van der Waals surface area contributed by atoms with E-state index in [9.17, 15) is 33.4 Å². The van der Waals surface area contributed by atoms with Gasteiger partial charge >= 0.3 is 6.03 Å². The lowest BCUT2D eigenvalue weighted by atomic mass is 9.97. The molecule has 0 unspecified atom stereocenters. The van der Waals surface area contributed by atoms with E-state index in [0.717, 1.165) is 23.3 Å². The zero-order valence-electron chi connectivity index (χ0n) is 24.6. The maximum Gasteiger partial charge on any atom is 0.332 e. The van der Waals surface area contributed by atoms with Crippen LogP contribution in [0.3, 0.4) is 0 Å².